The summed E-state index contributed by atoms with van der Waals surface area (Å²) in [4.78, 5) is 15.4. The van der Waals surface area contributed by atoms with Crippen LogP contribution in [0.4, 0.5) is 0 Å². The summed E-state index contributed by atoms with van der Waals surface area (Å²) in [5.41, 5.74) is 1.37. The lowest BCUT2D eigenvalue weighted by Crippen LogP contribution is -1.99. The Labute approximate surface area is 124 Å². The van der Waals surface area contributed by atoms with Crippen LogP contribution in [0.5, 0.6) is 5.75 Å². The molecule has 0 saturated heterocycles. The van der Waals surface area contributed by atoms with Crippen molar-refractivity contribution in [1.29, 1.82) is 0 Å². The van der Waals surface area contributed by atoms with Crippen molar-refractivity contribution in [2.45, 2.75) is 13.5 Å². The lowest BCUT2D eigenvalue weighted by molar-refractivity contribution is 0.101. The molecule has 2 rings (SSSR count). The predicted molar refractivity (Wildman–Crippen MR) is 77.7 cm³/mol. The Morgan fingerprint density at radius 1 is 1.37 bits per heavy atom. The second-order valence-electron chi connectivity index (χ2n) is 3.96. The lowest BCUT2D eigenvalue weighted by atomic mass is 10.1. The summed E-state index contributed by atoms with van der Waals surface area (Å²) in [6.07, 6.45) is 1.71. The van der Waals surface area contributed by atoms with E-state index < -0.39 is 0 Å². The molecule has 0 aliphatic heterocycles. The minimum atomic E-state index is -0.0250. The molecule has 1 heterocycles. The lowest BCUT2D eigenvalue weighted by Gasteiger charge is -2.08. The van der Waals surface area contributed by atoms with Crippen molar-refractivity contribution in [3.05, 3.63) is 57.3 Å². The van der Waals surface area contributed by atoms with Crippen LogP contribution < -0.4 is 4.74 Å². The number of carbonyl (C=O) groups is 1. The molecule has 0 aliphatic carbocycles. The van der Waals surface area contributed by atoms with Gasteiger partial charge in [-0.2, -0.15) is 0 Å². The van der Waals surface area contributed by atoms with Crippen LogP contribution in [0.25, 0.3) is 0 Å². The highest BCUT2D eigenvalue weighted by atomic mass is 79.9. The van der Waals surface area contributed by atoms with Gasteiger partial charge in [-0.15, -0.1) is 0 Å². The monoisotopic (exact) mass is 339 g/mol. The van der Waals surface area contributed by atoms with Crippen LogP contribution in [0.2, 0.25) is 5.02 Å². The molecule has 2 aromatic rings. The number of hydrogen-bond acceptors (Lipinski definition) is 3. The molecule has 98 valence electrons. The van der Waals surface area contributed by atoms with Crippen LogP contribution in [0, 0.1) is 0 Å². The topological polar surface area (TPSA) is 39.2 Å². The number of Topliss-reactive ketones (excluding diaryl/α,β-unsaturated/α-hetero) is 1. The van der Waals surface area contributed by atoms with E-state index in [-0.39, 0.29) is 5.78 Å². The molecule has 1 aromatic heterocycles. The maximum atomic E-state index is 11.2. The number of rotatable bonds is 4. The standard InChI is InChI=1S/C14H11BrClNO2/c1-9(18)10-2-5-14(13(16)6-10)19-8-12-4-3-11(15)7-17-12/h2-7H,8H2,1H3. The summed E-state index contributed by atoms with van der Waals surface area (Å²) in [5.74, 6) is 0.513. The third kappa shape index (κ3) is 3.78. The molecule has 19 heavy (non-hydrogen) atoms. The Morgan fingerprint density at radius 3 is 2.74 bits per heavy atom. The van der Waals surface area contributed by atoms with Gasteiger partial charge in [-0.3, -0.25) is 9.78 Å². The molecular formula is C14H11BrClNO2. The highest BCUT2D eigenvalue weighted by Gasteiger charge is 2.06. The SMILES string of the molecule is CC(=O)c1ccc(OCc2ccc(Br)cn2)c(Cl)c1. The predicted octanol–water partition coefficient (Wildman–Crippen LogP) is 4.28. The minimum Gasteiger partial charge on any atom is -0.486 e. The summed E-state index contributed by atoms with van der Waals surface area (Å²) < 4.78 is 6.49. The third-order valence-corrected chi connectivity index (χ3v) is 3.27. The molecule has 0 bridgehead atoms. The number of benzene rings is 1. The van der Waals surface area contributed by atoms with Crippen molar-refractivity contribution in [3.63, 3.8) is 0 Å². The number of aromatic nitrogens is 1. The van der Waals surface area contributed by atoms with E-state index >= 15 is 0 Å². The molecule has 0 amide bonds. The van der Waals surface area contributed by atoms with E-state index in [0.29, 0.717) is 22.9 Å². The zero-order valence-electron chi connectivity index (χ0n) is 10.2. The summed E-state index contributed by atoms with van der Waals surface area (Å²) >= 11 is 9.38. The van der Waals surface area contributed by atoms with Gasteiger partial charge in [0, 0.05) is 16.2 Å². The average molecular weight is 341 g/mol. The number of ether oxygens (including phenoxy) is 1. The van der Waals surface area contributed by atoms with Gasteiger partial charge in [0.1, 0.15) is 12.4 Å². The third-order valence-electron chi connectivity index (χ3n) is 2.50. The fourth-order valence-corrected chi connectivity index (χ4v) is 1.95. The fourth-order valence-electron chi connectivity index (χ4n) is 1.48. The number of halogens is 2. The quantitative estimate of drug-likeness (QED) is 0.780. The van der Waals surface area contributed by atoms with E-state index in [0.717, 1.165) is 10.2 Å². The second kappa shape index (κ2) is 6.17. The van der Waals surface area contributed by atoms with E-state index in [1.54, 1.807) is 24.4 Å². The van der Waals surface area contributed by atoms with E-state index in [2.05, 4.69) is 20.9 Å². The van der Waals surface area contributed by atoms with Gasteiger partial charge in [0.05, 0.1) is 10.7 Å². The maximum Gasteiger partial charge on any atom is 0.159 e. The molecule has 0 radical (unpaired) electrons. The van der Waals surface area contributed by atoms with Crippen LogP contribution in [-0.4, -0.2) is 10.8 Å². The first-order valence-electron chi connectivity index (χ1n) is 5.60. The zero-order valence-corrected chi connectivity index (χ0v) is 12.5. The van der Waals surface area contributed by atoms with Gasteiger partial charge in [-0.25, -0.2) is 0 Å². The first-order valence-corrected chi connectivity index (χ1v) is 6.77. The molecular weight excluding hydrogens is 330 g/mol. The average Bonchev–Trinajstić information content (AvgIpc) is 2.39. The summed E-state index contributed by atoms with van der Waals surface area (Å²) in [7, 11) is 0. The van der Waals surface area contributed by atoms with Gasteiger partial charge in [0.25, 0.3) is 0 Å². The van der Waals surface area contributed by atoms with E-state index in [9.17, 15) is 4.79 Å². The number of ketones is 1. The Bertz CT molecular complexity index is 599. The fraction of sp³-hybridized carbons (Fsp3) is 0.143. The van der Waals surface area contributed by atoms with Crippen LogP contribution in [-0.2, 0) is 6.61 Å². The summed E-state index contributed by atoms with van der Waals surface area (Å²) in [6, 6.07) is 8.75. The van der Waals surface area contributed by atoms with E-state index in [4.69, 9.17) is 16.3 Å². The first-order chi connectivity index (χ1) is 9.06. The Hall–Kier alpha value is -1.39. The van der Waals surface area contributed by atoms with Crippen molar-refractivity contribution in [1.82, 2.24) is 4.98 Å². The molecule has 0 unspecified atom stereocenters. The minimum absolute atomic E-state index is 0.0250. The summed E-state index contributed by atoms with van der Waals surface area (Å²) in [5, 5.41) is 0.421. The van der Waals surface area contributed by atoms with E-state index in [1.165, 1.54) is 6.92 Å². The zero-order chi connectivity index (χ0) is 13.8. The second-order valence-corrected chi connectivity index (χ2v) is 5.28. The van der Waals surface area contributed by atoms with Crippen LogP contribution in [0.1, 0.15) is 23.0 Å². The smallest absolute Gasteiger partial charge is 0.159 e. The van der Waals surface area contributed by atoms with Gasteiger partial charge in [0.15, 0.2) is 5.78 Å². The number of pyridine rings is 1. The van der Waals surface area contributed by atoms with Gasteiger partial charge in [-0.05, 0) is 53.2 Å². The normalized spacial score (nSPS) is 10.3. The van der Waals surface area contributed by atoms with Gasteiger partial charge < -0.3 is 4.74 Å². The molecule has 1 aromatic carbocycles. The van der Waals surface area contributed by atoms with Crippen molar-refractivity contribution in [2.75, 3.05) is 0 Å². The summed E-state index contributed by atoms with van der Waals surface area (Å²) in [6.45, 7) is 1.82. The van der Waals surface area contributed by atoms with Crippen molar-refractivity contribution < 1.29 is 9.53 Å². The van der Waals surface area contributed by atoms with Gasteiger partial charge in [0.2, 0.25) is 0 Å². The molecule has 5 heteroatoms. The van der Waals surface area contributed by atoms with Gasteiger partial charge in [-0.1, -0.05) is 11.6 Å². The molecule has 0 N–H and O–H groups in total. The van der Waals surface area contributed by atoms with Crippen LogP contribution >= 0.6 is 27.5 Å². The molecule has 0 saturated carbocycles. The van der Waals surface area contributed by atoms with Gasteiger partial charge >= 0.3 is 0 Å². The van der Waals surface area contributed by atoms with Crippen LogP contribution in [0.3, 0.4) is 0 Å². The molecule has 3 nitrogen and oxygen atoms in total. The van der Waals surface area contributed by atoms with E-state index in [1.807, 2.05) is 12.1 Å². The number of hydrogen-bond donors (Lipinski definition) is 0. The molecule has 0 aliphatic rings. The molecule has 0 atom stereocenters. The number of nitrogens with zero attached hydrogens (tertiary/aromatic N) is 1. The highest BCUT2D eigenvalue weighted by molar-refractivity contribution is 9.10. The van der Waals surface area contributed by atoms with Crippen molar-refractivity contribution in [2.24, 2.45) is 0 Å². The maximum absolute atomic E-state index is 11.2. The first kappa shape index (κ1) is 14.0. The Balaban J connectivity index is 2.07. The molecule has 0 fully saturated rings. The Kier molecular flexibility index (Phi) is 4.56. The number of carbonyl (C=O) groups excluding carboxylic acids is 1. The largest absolute Gasteiger partial charge is 0.486 e. The van der Waals surface area contributed by atoms with Crippen molar-refractivity contribution in [3.8, 4) is 5.75 Å². The van der Waals surface area contributed by atoms with Crippen molar-refractivity contribution >= 4 is 33.3 Å². The van der Waals surface area contributed by atoms with Crippen LogP contribution in [0.15, 0.2) is 41.0 Å². The molecule has 0 spiro atoms. The Morgan fingerprint density at radius 2 is 2.16 bits per heavy atom. The highest BCUT2D eigenvalue weighted by Crippen LogP contribution is 2.26.